The van der Waals surface area contributed by atoms with Crippen molar-refractivity contribution in [2.24, 2.45) is 0 Å². The Morgan fingerprint density at radius 2 is 2.19 bits per heavy atom. The molecule has 1 unspecified atom stereocenters. The molecule has 0 spiro atoms. The molecule has 0 aliphatic heterocycles. The minimum Gasteiger partial charge on any atom is -0.398 e. The Bertz CT molecular complexity index is 577. The molecule has 3 rings (SSSR count). The van der Waals surface area contributed by atoms with Gasteiger partial charge in [0.1, 0.15) is 0 Å². The molecule has 112 valence electrons. The summed E-state index contributed by atoms with van der Waals surface area (Å²) in [5, 5.41) is 2.17. The first-order valence-electron chi connectivity index (χ1n) is 7.90. The molecule has 0 amide bonds. The second-order valence-corrected chi connectivity index (χ2v) is 6.87. The van der Waals surface area contributed by atoms with Crippen LogP contribution in [-0.4, -0.2) is 24.0 Å². The lowest BCUT2D eigenvalue weighted by atomic mass is 9.86. The quantitative estimate of drug-likeness (QED) is 0.852. The van der Waals surface area contributed by atoms with E-state index in [1.807, 2.05) is 17.4 Å². The second-order valence-electron chi connectivity index (χ2n) is 5.84. The van der Waals surface area contributed by atoms with Crippen molar-refractivity contribution in [2.75, 3.05) is 18.8 Å². The van der Waals surface area contributed by atoms with Crippen LogP contribution in [0.5, 0.6) is 0 Å². The summed E-state index contributed by atoms with van der Waals surface area (Å²) in [7, 11) is 0. The molecule has 0 saturated heterocycles. The van der Waals surface area contributed by atoms with Crippen LogP contribution in [0, 0.1) is 0 Å². The van der Waals surface area contributed by atoms with E-state index in [2.05, 4.69) is 41.5 Å². The lowest BCUT2D eigenvalue weighted by Gasteiger charge is -2.35. The summed E-state index contributed by atoms with van der Waals surface area (Å²) in [6.07, 6.45) is 4.69. The third-order valence-electron chi connectivity index (χ3n) is 4.64. The Morgan fingerprint density at radius 3 is 2.95 bits per heavy atom. The van der Waals surface area contributed by atoms with E-state index < -0.39 is 0 Å². The Morgan fingerprint density at radius 1 is 1.29 bits per heavy atom. The van der Waals surface area contributed by atoms with Crippen LogP contribution in [0.4, 0.5) is 5.69 Å². The van der Waals surface area contributed by atoms with E-state index in [4.69, 9.17) is 5.73 Å². The Labute approximate surface area is 131 Å². The number of thiophene rings is 1. The van der Waals surface area contributed by atoms with E-state index >= 15 is 0 Å². The highest BCUT2D eigenvalue weighted by Crippen LogP contribution is 2.28. The van der Waals surface area contributed by atoms with Crippen molar-refractivity contribution < 1.29 is 0 Å². The van der Waals surface area contributed by atoms with Crippen molar-refractivity contribution in [2.45, 2.75) is 38.6 Å². The van der Waals surface area contributed by atoms with Crippen molar-refractivity contribution in [1.82, 2.24) is 4.90 Å². The summed E-state index contributed by atoms with van der Waals surface area (Å²) in [5.74, 6) is 0. The molecule has 0 fully saturated rings. The minimum atomic E-state index is 0.671. The summed E-state index contributed by atoms with van der Waals surface area (Å²) in [6.45, 7) is 4.58. The summed E-state index contributed by atoms with van der Waals surface area (Å²) in [5.41, 5.74) is 9.94. The molecule has 1 aliphatic rings. The fraction of sp³-hybridized carbons (Fsp3) is 0.444. The average Bonchev–Trinajstić information content (AvgIpc) is 3.01. The van der Waals surface area contributed by atoms with Gasteiger partial charge in [-0.25, -0.2) is 0 Å². The highest BCUT2D eigenvalue weighted by atomic mass is 32.1. The van der Waals surface area contributed by atoms with Crippen molar-refractivity contribution in [3.63, 3.8) is 0 Å². The van der Waals surface area contributed by atoms with Crippen LogP contribution < -0.4 is 5.73 Å². The Kier molecular flexibility index (Phi) is 4.61. The topological polar surface area (TPSA) is 29.3 Å². The van der Waals surface area contributed by atoms with Gasteiger partial charge in [-0.3, -0.25) is 4.90 Å². The number of hydrogen-bond acceptors (Lipinski definition) is 3. The molecule has 21 heavy (non-hydrogen) atoms. The van der Waals surface area contributed by atoms with Gasteiger partial charge in [0.05, 0.1) is 0 Å². The van der Waals surface area contributed by atoms with Crippen LogP contribution in [0.3, 0.4) is 0 Å². The van der Waals surface area contributed by atoms with Crippen molar-refractivity contribution in [3.05, 3.63) is 51.7 Å². The highest BCUT2D eigenvalue weighted by Gasteiger charge is 2.24. The molecule has 1 aromatic carbocycles. The third-order valence-corrected chi connectivity index (χ3v) is 5.58. The lowest BCUT2D eigenvalue weighted by Crippen LogP contribution is -2.40. The van der Waals surface area contributed by atoms with Gasteiger partial charge in [-0.1, -0.05) is 25.1 Å². The number of nitrogens with two attached hydrogens (primary N) is 1. The highest BCUT2D eigenvalue weighted by molar-refractivity contribution is 7.09. The van der Waals surface area contributed by atoms with Crippen molar-refractivity contribution in [3.8, 4) is 0 Å². The molecule has 1 aliphatic carbocycles. The molecule has 2 aromatic rings. The van der Waals surface area contributed by atoms with Crippen LogP contribution in [0.1, 0.15) is 29.3 Å². The number of benzene rings is 1. The Balaban J connectivity index is 1.65. The van der Waals surface area contributed by atoms with Crippen LogP contribution >= 0.6 is 11.3 Å². The van der Waals surface area contributed by atoms with Crippen LogP contribution in [-0.2, 0) is 19.3 Å². The zero-order valence-electron chi connectivity index (χ0n) is 12.7. The van der Waals surface area contributed by atoms with Crippen molar-refractivity contribution >= 4 is 17.0 Å². The number of nitrogens with zero attached hydrogens (tertiary/aromatic N) is 1. The monoisotopic (exact) mass is 300 g/mol. The van der Waals surface area contributed by atoms with Gasteiger partial charge in [-0.05, 0) is 60.9 Å². The molecule has 0 radical (unpaired) electrons. The molecule has 1 atom stereocenters. The van der Waals surface area contributed by atoms with E-state index in [0.717, 1.165) is 25.1 Å². The van der Waals surface area contributed by atoms with Gasteiger partial charge in [-0.15, -0.1) is 11.3 Å². The first kappa shape index (κ1) is 14.6. The molecular weight excluding hydrogens is 276 g/mol. The first-order valence-corrected chi connectivity index (χ1v) is 8.78. The predicted molar refractivity (Wildman–Crippen MR) is 91.9 cm³/mol. The fourth-order valence-corrected chi connectivity index (χ4v) is 4.13. The molecule has 0 saturated carbocycles. The van der Waals surface area contributed by atoms with E-state index in [1.54, 1.807) is 0 Å². The van der Waals surface area contributed by atoms with Crippen LogP contribution in [0.2, 0.25) is 0 Å². The summed E-state index contributed by atoms with van der Waals surface area (Å²) >= 11 is 1.87. The molecule has 1 aromatic heterocycles. The first-order chi connectivity index (χ1) is 10.3. The molecule has 2 nitrogen and oxygen atoms in total. The van der Waals surface area contributed by atoms with Gasteiger partial charge >= 0.3 is 0 Å². The number of fused-ring (bicyclic) bond motifs is 1. The predicted octanol–water partition coefficient (Wildman–Crippen LogP) is 3.75. The maximum atomic E-state index is 6.11. The maximum absolute atomic E-state index is 6.11. The second kappa shape index (κ2) is 6.63. The van der Waals surface area contributed by atoms with Crippen molar-refractivity contribution in [1.29, 1.82) is 0 Å². The van der Waals surface area contributed by atoms with Gasteiger partial charge in [0.25, 0.3) is 0 Å². The molecule has 2 N–H and O–H groups in total. The molecular formula is C18H24N2S. The summed E-state index contributed by atoms with van der Waals surface area (Å²) < 4.78 is 0. The van der Waals surface area contributed by atoms with E-state index in [-0.39, 0.29) is 0 Å². The van der Waals surface area contributed by atoms with Gasteiger partial charge in [-0.2, -0.15) is 0 Å². The molecule has 3 heteroatoms. The number of nitrogen functional groups attached to an aromatic ring is 1. The summed E-state index contributed by atoms with van der Waals surface area (Å²) in [4.78, 5) is 4.14. The normalized spacial score (nSPS) is 17.9. The standard InChI is InChI=1S/C18H24N2S/c1-2-20(11-10-16-6-4-12-21-16)15-8-9-17-14(13-15)5-3-7-18(17)19/h3-7,12,15H,2,8-11,13,19H2,1H3. The van der Waals surface area contributed by atoms with E-state index in [0.29, 0.717) is 6.04 Å². The zero-order valence-corrected chi connectivity index (χ0v) is 13.5. The number of likely N-dealkylation sites (N-methyl/N-ethyl adjacent to an activating group) is 1. The zero-order chi connectivity index (χ0) is 14.7. The van der Waals surface area contributed by atoms with E-state index in [1.165, 1.54) is 35.4 Å². The molecule has 1 heterocycles. The number of hydrogen-bond donors (Lipinski definition) is 1. The minimum absolute atomic E-state index is 0.671. The van der Waals surface area contributed by atoms with Gasteiger partial charge in [0, 0.05) is 23.2 Å². The Hall–Kier alpha value is -1.32. The SMILES string of the molecule is CCN(CCc1cccs1)C1CCc2c(N)cccc2C1. The lowest BCUT2D eigenvalue weighted by molar-refractivity contribution is 0.191. The van der Waals surface area contributed by atoms with Crippen LogP contribution in [0.25, 0.3) is 0 Å². The van der Waals surface area contributed by atoms with E-state index in [9.17, 15) is 0 Å². The largest absolute Gasteiger partial charge is 0.398 e. The van der Waals surface area contributed by atoms with Gasteiger partial charge in [0.2, 0.25) is 0 Å². The number of anilines is 1. The van der Waals surface area contributed by atoms with Gasteiger partial charge in [0.15, 0.2) is 0 Å². The average molecular weight is 300 g/mol. The van der Waals surface area contributed by atoms with Crippen LogP contribution in [0.15, 0.2) is 35.7 Å². The number of rotatable bonds is 5. The third kappa shape index (κ3) is 3.30. The van der Waals surface area contributed by atoms with Gasteiger partial charge < -0.3 is 5.73 Å². The maximum Gasteiger partial charge on any atom is 0.0349 e. The molecule has 0 bridgehead atoms. The summed E-state index contributed by atoms with van der Waals surface area (Å²) in [6, 6.07) is 11.5. The fourth-order valence-electron chi connectivity index (χ4n) is 3.44. The smallest absolute Gasteiger partial charge is 0.0349 e.